The topological polar surface area (TPSA) is 79.4 Å². The number of carbonyl (C=O) groups excluding carboxylic acids is 1. The maximum absolute atomic E-state index is 12.6. The molecule has 1 saturated heterocycles. The Morgan fingerprint density at radius 2 is 1.96 bits per heavy atom. The van der Waals surface area contributed by atoms with Gasteiger partial charge in [-0.3, -0.25) is 9.78 Å². The molecular weight excluding hydrogens is 398 g/mol. The van der Waals surface area contributed by atoms with Crippen LogP contribution in [0, 0.1) is 5.92 Å². The van der Waals surface area contributed by atoms with E-state index in [0.717, 1.165) is 5.56 Å². The van der Waals surface area contributed by atoms with Crippen LogP contribution in [0.4, 0.5) is 0 Å². The molecule has 1 amide bonds. The van der Waals surface area contributed by atoms with Gasteiger partial charge in [-0.15, -0.1) is 0 Å². The normalized spacial score (nSPS) is 17.2. The molecule has 0 radical (unpaired) electrons. The second-order valence-corrected chi connectivity index (χ2v) is 9.42. The van der Waals surface area contributed by atoms with Gasteiger partial charge in [0.05, 0.1) is 0 Å². The molecule has 6 nitrogen and oxygen atoms in total. The molecule has 1 atom stereocenters. The van der Waals surface area contributed by atoms with Crippen molar-refractivity contribution in [1.29, 1.82) is 0 Å². The Morgan fingerprint density at radius 1 is 1.25 bits per heavy atom. The van der Waals surface area contributed by atoms with Crippen LogP contribution in [-0.4, -0.2) is 42.7 Å². The van der Waals surface area contributed by atoms with Gasteiger partial charge in [-0.05, 0) is 49.9 Å². The summed E-state index contributed by atoms with van der Waals surface area (Å²) in [5.74, 6) is -0.216. The molecule has 150 valence electrons. The Kier molecular flexibility index (Phi) is 6.69. The summed E-state index contributed by atoms with van der Waals surface area (Å²) >= 11 is 6.18. The fourth-order valence-electron chi connectivity index (χ4n) is 3.41. The molecule has 2 heterocycles. The number of pyridine rings is 1. The summed E-state index contributed by atoms with van der Waals surface area (Å²) in [5.41, 5.74) is 0.995. The van der Waals surface area contributed by atoms with Crippen molar-refractivity contribution in [1.82, 2.24) is 14.6 Å². The van der Waals surface area contributed by atoms with Crippen LogP contribution in [0.15, 0.2) is 53.7 Å². The average Bonchev–Trinajstić information content (AvgIpc) is 2.70. The number of halogens is 1. The van der Waals surface area contributed by atoms with Crippen LogP contribution in [0.25, 0.3) is 0 Å². The largest absolute Gasteiger partial charge is 0.353 e. The summed E-state index contributed by atoms with van der Waals surface area (Å²) in [7, 11) is -3.56. The van der Waals surface area contributed by atoms with Gasteiger partial charge in [0, 0.05) is 42.5 Å². The first-order valence-electron chi connectivity index (χ1n) is 9.32. The van der Waals surface area contributed by atoms with E-state index < -0.39 is 10.0 Å². The molecule has 1 unspecified atom stereocenters. The number of nitrogens with one attached hydrogen (secondary N) is 1. The molecule has 0 saturated carbocycles. The number of amides is 1. The third-order valence-electron chi connectivity index (χ3n) is 4.97. The van der Waals surface area contributed by atoms with E-state index in [2.05, 4.69) is 10.3 Å². The van der Waals surface area contributed by atoms with E-state index in [-0.39, 0.29) is 22.8 Å². The van der Waals surface area contributed by atoms with Gasteiger partial charge in [0.2, 0.25) is 15.9 Å². The van der Waals surface area contributed by atoms with Gasteiger partial charge in [-0.1, -0.05) is 29.8 Å². The highest BCUT2D eigenvalue weighted by molar-refractivity contribution is 7.89. The minimum absolute atomic E-state index is 0.0296. The third-order valence-corrected chi connectivity index (χ3v) is 7.22. The maximum Gasteiger partial charge on any atom is 0.244 e. The molecule has 1 aliphatic rings. The number of nitrogens with zero attached hydrogens (tertiary/aromatic N) is 2. The zero-order valence-corrected chi connectivity index (χ0v) is 17.3. The van der Waals surface area contributed by atoms with Gasteiger partial charge in [0.15, 0.2) is 0 Å². The first-order valence-corrected chi connectivity index (χ1v) is 11.1. The SMILES string of the molecule is CC(Cc1ccccc1Cl)NC(=O)C1CCN(S(=O)(=O)c2cccnc2)CC1. The summed E-state index contributed by atoms with van der Waals surface area (Å²) in [5, 5.41) is 3.73. The van der Waals surface area contributed by atoms with Crippen molar-refractivity contribution in [3.8, 4) is 0 Å². The van der Waals surface area contributed by atoms with E-state index in [1.54, 1.807) is 12.3 Å². The highest BCUT2D eigenvalue weighted by Crippen LogP contribution is 2.24. The number of piperidine rings is 1. The Bertz CT molecular complexity index is 913. The second-order valence-electron chi connectivity index (χ2n) is 7.07. The highest BCUT2D eigenvalue weighted by Gasteiger charge is 2.32. The van der Waals surface area contributed by atoms with Crippen LogP contribution in [0.3, 0.4) is 0 Å². The molecule has 1 aromatic carbocycles. The Labute approximate surface area is 171 Å². The number of benzene rings is 1. The second kappa shape index (κ2) is 9.03. The fourth-order valence-corrected chi connectivity index (χ4v) is 5.06. The van der Waals surface area contributed by atoms with E-state index in [1.165, 1.54) is 16.6 Å². The lowest BCUT2D eigenvalue weighted by molar-refractivity contribution is -0.126. The fraction of sp³-hybridized carbons (Fsp3) is 0.400. The zero-order chi connectivity index (χ0) is 20.1. The lowest BCUT2D eigenvalue weighted by Crippen LogP contribution is -2.45. The molecule has 0 spiro atoms. The minimum atomic E-state index is -3.56. The van der Waals surface area contributed by atoms with Crippen LogP contribution >= 0.6 is 11.6 Å². The quantitative estimate of drug-likeness (QED) is 0.777. The maximum atomic E-state index is 12.6. The summed E-state index contributed by atoms with van der Waals surface area (Å²) in [6.07, 6.45) is 4.55. The van der Waals surface area contributed by atoms with E-state index in [4.69, 9.17) is 11.6 Å². The first-order chi connectivity index (χ1) is 13.4. The smallest absolute Gasteiger partial charge is 0.244 e. The van der Waals surface area contributed by atoms with Crippen LogP contribution < -0.4 is 5.32 Å². The summed E-state index contributed by atoms with van der Waals surface area (Å²) < 4.78 is 26.7. The standard InChI is InChI=1S/C20H24ClN3O3S/c1-15(13-17-5-2-3-7-19(17)21)23-20(25)16-8-11-24(12-9-16)28(26,27)18-6-4-10-22-14-18/h2-7,10,14-16H,8-9,11-13H2,1H3,(H,23,25). The number of rotatable bonds is 6. The number of hydrogen-bond acceptors (Lipinski definition) is 4. The van der Waals surface area contributed by atoms with E-state index in [9.17, 15) is 13.2 Å². The van der Waals surface area contributed by atoms with Crippen LogP contribution in [0.2, 0.25) is 5.02 Å². The van der Waals surface area contributed by atoms with Crippen LogP contribution in [0.5, 0.6) is 0 Å². The lowest BCUT2D eigenvalue weighted by Gasteiger charge is -2.31. The number of carbonyl (C=O) groups is 1. The summed E-state index contributed by atoms with van der Waals surface area (Å²) in [6, 6.07) is 10.7. The van der Waals surface area contributed by atoms with E-state index >= 15 is 0 Å². The van der Waals surface area contributed by atoms with Crippen molar-refractivity contribution in [3.05, 3.63) is 59.4 Å². The number of hydrogen-bond donors (Lipinski definition) is 1. The predicted octanol–water partition coefficient (Wildman–Crippen LogP) is 2.88. The molecule has 2 aromatic rings. The lowest BCUT2D eigenvalue weighted by atomic mass is 9.96. The van der Waals surface area contributed by atoms with Gasteiger partial charge in [-0.2, -0.15) is 4.31 Å². The summed E-state index contributed by atoms with van der Waals surface area (Å²) in [4.78, 5) is 16.7. The van der Waals surface area contributed by atoms with Gasteiger partial charge in [0.1, 0.15) is 4.90 Å². The third kappa shape index (κ3) is 4.90. The van der Waals surface area contributed by atoms with E-state index in [0.29, 0.717) is 37.4 Å². The van der Waals surface area contributed by atoms with Crippen LogP contribution in [-0.2, 0) is 21.2 Å². The predicted molar refractivity (Wildman–Crippen MR) is 108 cm³/mol. The van der Waals surface area contributed by atoms with Gasteiger partial charge in [-0.25, -0.2) is 8.42 Å². The van der Waals surface area contributed by atoms with Crippen molar-refractivity contribution in [2.45, 2.75) is 37.1 Å². The Hall–Kier alpha value is -1.96. The van der Waals surface area contributed by atoms with Crippen molar-refractivity contribution in [2.24, 2.45) is 5.92 Å². The Balaban J connectivity index is 1.53. The minimum Gasteiger partial charge on any atom is -0.353 e. The molecular formula is C20H24ClN3O3S. The van der Waals surface area contributed by atoms with Crippen molar-refractivity contribution in [3.63, 3.8) is 0 Å². The molecule has 1 aromatic heterocycles. The monoisotopic (exact) mass is 421 g/mol. The van der Waals surface area contributed by atoms with Crippen molar-refractivity contribution < 1.29 is 13.2 Å². The molecule has 1 aliphatic heterocycles. The average molecular weight is 422 g/mol. The zero-order valence-electron chi connectivity index (χ0n) is 15.7. The highest BCUT2D eigenvalue weighted by atomic mass is 35.5. The van der Waals surface area contributed by atoms with Crippen molar-refractivity contribution in [2.75, 3.05) is 13.1 Å². The number of aromatic nitrogens is 1. The number of sulfonamides is 1. The molecule has 0 bridgehead atoms. The molecule has 1 fully saturated rings. The van der Waals surface area contributed by atoms with Gasteiger partial charge in [0.25, 0.3) is 0 Å². The first kappa shape index (κ1) is 20.8. The summed E-state index contributed by atoms with van der Waals surface area (Å²) in [6.45, 7) is 2.60. The molecule has 3 rings (SSSR count). The molecule has 1 N–H and O–H groups in total. The van der Waals surface area contributed by atoms with Gasteiger partial charge >= 0.3 is 0 Å². The molecule has 0 aliphatic carbocycles. The molecule has 8 heteroatoms. The molecule has 28 heavy (non-hydrogen) atoms. The van der Waals surface area contributed by atoms with E-state index in [1.807, 2.05) is 31.2 Å². The van der Waals surface area contributed by atoms with Crippen molar-refractivity contribution >= 4 is 27.5 Å². The Morgan fingerprint density at radius 3 is 2.61 bits per heavy atom. The van der Waals surface area contributed by atoms with Crippen LogP contribution in [0.1, 0.15) is 25.3 Å². The van der Waals surface area contributed by atoms with Gasteiger partial charge < -0.3 is 5.32 Å².